The molecule has 1 heterocycles. The Bertz CT molecular complexity index is 1560. The standard InChI is InChI=1S/C30H30ClN5O7/c31-23-11-19(27(39)34-13-17-4-3-7-21(37)10-17)8-9-22(23)28(40)35-25(30(42)43)14-33-26(38)16-36-15-20-6-2-1-5-18(20)12-24(32)29(36)41/h1-11,24-25,37H,12-16,32H2,(H,33,38)(H,34,39)(H,35,40)(H,42,43)/t24?,25-/m0/s1. The third-order valence-corrected chi connectivity index (χ3v) is 7.14. The number of carbonyl (C=O) groups is 5. The van der Waals surface area contributed by atoms with E-state index >= 15 is 0 Å². The van der Waals surface area contributed by atoms with Crippen molar-refractivity contribution in [2.24, 2.45) is 5.73 Å². The number of carboxylic acid groups (broad SMARTS) is 1. The summed E-state index contributed by atoms with van der Waals surface area (Å²) >= 11 is 6.24. The summed E-state index contributed by atoms with van der Waals surface area (Å²) in [6.07, 6.45) is 0.341. The number of nitrogens with zero attached hydrogens (tertiary/aromatic N) is 1. The Morgan fingerprint density at radius 2 is 1.72 bits per heavy atom. The van der Waals surface area contributed by atoms with Crippen molar-refractivity contribution in [1.82, 2.24) is 20.9 Å². The number of nitrogens with one attached hydrogen (secondary N) is 3. The number of rotatable bonds is 10. The predicted molar refractivity (Wildman–Crippen MR) is 156 cm³/mol. The minimum atomic E-state index is -1.51. The first-order valence-corrected chi connectivity index (χ1v) is 13.7. The number of phenolic OH excluding ortho intramolecular Hbond substituents is 1. The lowest BCUT2D eigenvalue weighted by atomic mass is 10.0. The van der Waals surface area contributed by atoms with E-state index in [4.69, 9.17) is 17.3 Å². The average Bonchev–Trinajstić information content (AvgIpc) is 3.09. The number of aromatic hydroxyl groups is 1. The van der Waals surface area contributed by atoms with Crippen LogP contribution in [0, 0.1) is 0 Å². The number of fused-ring (bicyclic) bond motifs is 1. The normalized spacial score (nSPS) is 15.1. The van der Waals surface area contributed by atoms with Crippen molar-refractivity contribution in [3.63, 3.8) is 0 Å². The molecule has 2 atom stereocenters. The largest absolute Gasteiger partial charge is 0.508 e. The Morgan fingerprint density at radius 3 is 2.42 bits per heavy atom. The number of phenols is 1. The van der Waals surface area contributed by atoms with Crippen LogP contribution in [-0.4, -0.2) is 69.9 Å². The SMILES string of the molecule is NC1Cc2ccccc2CN(CC(=O)NC[C@H](NC(=O)c2ccc(C(=O)NCc3cccc(O)c3)cc2Cl)C(=O)O)C1=O. The van der Waals surface area contributed by atoms with Crippen molar-refractivity contribution in [2.45, 2.75) is 31.6 Å². The van der Waals surface area contributed by atoms with E-state index in [1.54, 1.807) is 12.1 Å². The molecule has 1 unspecified atom stereocenters. The molecule has 0 saturated carbocycles. The number of aliphatic carboxylic acids is 1. The fourth-order valence-electron chi connectivity index (χ4n) is 4.56. The molecule has 43 heavy (non-hydrogen) atoms. The molecule has 1 aliphatic heterocycles. The van der Waals surface area contributed by atoms with Crippen LogP contribution in [-0.2, 0) is 33.9 Å². The molecule has 0 saturated heterocycles. The monoisotopic (exact) mass is 607 g/mol. The van der Waals surface area contributed by atoms with Crippen LogP contribution in [0.4, 0.5) is 0 Å². The summed E-state index contributed by atoms with van der Waals surface area (Å²) in [7, 11) is 0. The first-order chi connectivity index (χ1) is 20.5. The molecule has 0 aromatic heterocycles. The van der Waals surface area contributed by atoms with Crippen LogP contribution in [0.15, 0.2) is 66.7 Å². The van der Waals surface area contributed by atoms with Gasteiger partial charge in [0.05, 0.1) is 23.2 Å². The molecule has 12 nitrogen and oxygen atoms in total. The van der Waals surface area contributed by atoms with E-state index in [2.05, 4.69) is 16.0 Å². The zero-order valence-corrected chi connectivity index (χ0v) is 23.6. The fourth-order valence-corrected chi connectivity index (χ4v) is 4.83. The zero-order valence-electron chi connectivity index (χ0n) is 22.9. The van der Waals surface area contributed by atoms with Gasteiger partial charge >= 0.3 is 5.97 Å². The lowest BCUT2D eigenvalue weighted by Crippen LogP contribution is -2.51. The summed E-state index contributed by atoms with van der Waals surface area (Å²) in [4.78, 5) is 63.9. The van der Waals surface area contributed by atoms with E-state index in [1.807, 2.05) is 24.3 Å². The maximum atomic E-state index is 12.8. The van der Waals surface area contributed by atoms with Crippen molar-refractivity contribution in [1.29, 1.82) is 0 Å². The second-order valence-corrected chi connectivity index (χ2v) is 10.4. The number of carbonyl (C=O) groups excluding carboxylic acids is 4. The molecular weight excluding hydrogens is 578 g/mol. The van der Waals surface area contributed by atoms with Crippen LogP contribution in [0.3, 0.4) is 0 Å². The lowest BCUT2D eigenvalue weighted by Gasteiger charge is -2.23. The summed E-state index contributed by atoms with van der Waals surface area (Å²) in [5.41, 5.74) is 8.57. The Kier molecular flexibility index (Phi) is 9.96. The Morgan fingerprint density at radius 1 is 0.977 bits per heavy atom. The van der Waals surface area contributed by atoms with E-state index in [0.29, 0.717) is 12.0 Å². The molecule has 13 heteroatoms. The van der Waals surface area contributed by atoms with Crippen molar-refractivity contribution < 1.29 is 34.2 Å². The van der Waals surface area contributed by atoms with Gasteiger partial charge in [-0.1, -0.05) is 48.0 Å². The molecule has 224 valence electrons. The van der Waals surface area contributed by atoms with Crippen LogP contribution >= 0.6 is 11.6 Å². The van der Waals surface area contributed by atoms with Gasteiger partial charge in [0.15, 0.2) is 0 Å². The molecule has 3 aromatic rings. The van der Waals surface area contributed by atoms with Crippen molar-refractivity contribution in [3.8, 4) is 5.75 Å². The van der Waals surface area contributed by atoms with Gasteiger partial charge in [-0.2, -0.15) is 0 Å². The number of benzene rings is 3. The fraction of sp³-hybridized carbons (Fsp3) is 0.233. The third kappa shape index (κ3) is 8.09. The van der Waals surface area contributed by atoms with Gasteiger partial charge in [-0.05, 0) is 53.4 Å². The summed E-state index contributed by atoms with van der Waals surface area (Å²) in [5, 5.41) is 26.5. The number of nitrogens with two attached hydrogens (primary N) is 1. The number of halogens is 1. The summed E-state index contributed by atoms with van der Waals surface area (Å²) in [6.45, 7) is -0.484. The Labute approximate surface area is 251 Å². The average molecular weight is 608 g/mol. The molecule has 0 aliphatic carbocycles. The number of amides is 4. The second kappa shape index (κ2) is 13.8. The van der Waals surface area contributed by atoms with Crippen molar-refractivity contribution in [2.75, 3.05) is 13.1 Å². The highest BCUT2D eigenvalue weighted by atomic mass is 35.5. The molecule has 0 fully saturated rings. The molecular formula is C30H30ClN5O7. The molecule has 0 spiro atoms. The van der Waals surface area contributed by atoms with Gasteiger partial charge in [-0.25, -0.2) is 4.79 Å². The molecule has 4 amide bonds. The smallest absolute Gasteiger partial charge is 0.328 e. The van der Waals surface area contributed by atoms with Gasteiger partial charge in [0.25, 0.3) is 11.8 Å². The van der Waals surface area contributed by atoms with E-state index < -0.39 is 48.2 Å². The minimum Gasteiger partial charge on any atom is -0.508 e. The topological polar surface area (TPSA) is 191 Å². The van der Waals surface area contributed by atoms with Crippen LogP contribution in [0.1, 0.15) is 37.4 Å². The number of carboxylic acids is 1. The van der Waals surface area contributed by atoms with Gasteiger partial charge in [-0.3, -0.25) is 19.2 Å². The maximum Gasteiger partial charge on any atom is 0.328 e. The summed E-state index contributed by atoms with van der Waals surface area (Å²) < 4.78 is 0. The van der Waals surface area contributed by atoms with Crippen LogP contribution in [0.25, 0.3) is 0 Å². The summed E-state index contributed by atoms with van der Waals surface area (Å²) in [5.74, 6) is -3.68. The Balaban J connectivity index is 1.33. The summed E-state index contributed by atoms with van der Waals surface area (Å²) in [6, 6.07) is 15.4. The Hall–Kier alpha value is -4.94. The third-order valence-electron chi connectivity index (χ3n) is 6.83. The number of hydrogen-bond donors (Lipinski definition) is 6. The van der Waals surface area contributed by atoms with Gasteiger partial charge < -0.3 is 36.8 Å². The van der Waals surface area contributed by atoms with Crippen molar-refractivity contribution >= 4 is 41.2 Å². The molecule has 0 radical (unpaired) electrons. The van der Waals surface area contributed by atoms with Gasteiger partial charge in [0.1, 0.15) is 11.8 Å². The second-order valence-electron chi connectivity index (χ2n) is 9.99. The van der Waals surface area contributed by atoms with E-state index in [-0.39, 0.29) is 41.5 Å². The lowest BCUT2D eigenvalue weighted by molar-refractivity contribution is -0.140. The molecule has 1 aliphatic rings. The van der Waals surface area contributed by atoms with E-state index in [9.17, 15) is 34.2 Å². The highest BCUT2D eigenvalue weighted by Crippen LogP contribution is 2.20. The van der Waals surface area contributed by atoms with E-state index in [0.717, 1.165) is 11.1 Å². The van der Waals surface area contributed by atoms with Crippen LogP contribution in [0.5, 0.6) is 5.75 Å². The van der Waals surface area contributed by atoms with Gasteiger partial charge in [-0.15, -0.1) is 0 Å². The van der Waals surface area contributed by atoms with E-state index in [1.165, 1.54) is 35.2 Å². The minimum absolute atomic E-state index is 0.0628. The van der Waals surface area contributed by atoms with Crippen molar-refractivity contribution in [3.05, 3.63) is 99.6 Å². The predicted octanol–water partition coefficient (Wildman–Crippen LogP) is 1.19. The molecule has 0 bridgehead atoms. The molecule has 4 rings (SSSR count). The maximum absolute atomic E-state index is 12.8. The first kappa shape index (κ1) is 31.0. The first-order valence-electron chi connectivity index (χ1n) is 13.3. The van der Waals surface area contributed by atoms with Crippen LogP contribution in [0.2, 0.25) is 5.02 Å². The van der Waals surface area contributed by atoms with Crippen LogP contribution < -0.4 is 21.7 Å². The van der Waals surface area contributed by atoms with Gasteiger partial charge in [0.2, 0.25) is 11.8 Å². The molecule has 7 N–H and O–H groups in total. The highest BCUT2D eigenvalue weighted by molar-refractivity contribution is 6.34. The highest BCUT2D eigenvalue weighted by Gasteiger charge is 2.29. The molecule has 3 aromatic carbocycles. The number of hydrogen-bond acceptors (Lipinski definition) is 7. The van der Waals surface area contributed by atoms with Gasteiger partial charge in [0, 0.05) is 25.2 Å². The zero-order chi connectivity index (χ0) is 31.1. The quantitative estimate of drug-likeness (QED) is 0.198.